The summed E-state index contributed by atoms with van der Waals surface area (Å²) in [4.78, 5) is 39.0. The average molecular weight is 464 g/mol. The second-order valence-electron chi connectivity index (χ2n) is 8.59. The number of alkyl halides is 3. The van der Waals surface area contributed by atoms with E-state index in [0.29, 0.717) is 17.4 Å². The Labute approximate surface area is 189 Å². The highest BCUT2D eigenvalue weighted by Gasteiger charge is 2.33. The molecule has 2 saturated heterocycles. The van der Waals surface area contributed by atoms with Crippen molar-refractivity contribution in [2.45, 2.75) is 43.8 Å². The maximum atomic E-state index is 12.6. The Morgan fingerprint density at radius 1 is 1.15 bits per heavy atom. The molecule has 2 aliphatic rings. The smallest absolute Gasteiger partial charge is 0.370 e. The molecule has 4 rings (SSSR count). The summed E-state index contributed by atoms with van der Waals surface area (Å²) in [5.41, 5.74) is 0.730. The van der Waals surface area contributed by atoms with E-state index >= 15 is 0 Å². The second kappa shape index (κ2) is 9.50. The van der Waals surface area contributed by atoms with Crippen molar-refractivity contribution in [2.75, 3.05) is 38.1 Å². The average Bonchev–Trinajstić information content (AvgIpc) is 3.30. The van der Waals surface area contributed by atoms with Crippen molar-refractivity contribution in [3.8, 4) is 0 Å². The van der Waals surface area contributed by atoms with Crippen LogP contribution in [0, 0.1) is 0 Å². The normalized spacial score (nSPS) is 20.2. The number of H-pyrrole nitrogens is 1. The van der Waals surface area contributed by atoms with E-state index in [1.54, 1.807) is 19.3 Å². The van der Waals surface area contributed by atoms with Crippen molar-refractivity contribution < 1.29 is 18.0 Å². The van der Waals surface area contributed by atoms with Gasteiger partial charge in [-0.05, 0) is 37.9 Å². The number of rotatable bonds is 5. The summed E-state index contributed by atoms with van der Waals surface area (Å²) in [6, 6.07) is 4.05. The van der Waals surface area contributed by atoms with Crippen molar-refractivity contribution in [1.82, 2.24) is 25.2 Å². The largest absolute Gasteiger partial charge is 0.394 e. The number of carbonyl (C=O) groups excluding carboxylic acids is 1. The van der Waals surface area contributed by atoms with Gasteiger partial charge in [0.05, 0.1) is 18.3 Å². The molecule has 2 fully saturated rings. The monoisotopic (exact) mass is 464 g/mol. The van der Waals surface area contributed by atoms with Crippen LogP contribution in [-0.4, -0.2) is 71.2 Å². The number of anilines is 1. The Morgan fingerprint density at radius 2 is 1.91 bits per heavy atom. The second-order valence-corrected chi connectivity index (χ2v) is 8.59. The molecular weight excluding hydrogens is 437 g/mol. The van der Waals surface area contributed by atoms with Gasteiger partial charge in [0.25, 0.3) is 11.5 Å². The Kier molecular flexibility index (Phi) is 6.68. The molecule has 0 aromatic carbocycles. The van der Waals surface area contributed by atoms with E-state index in [-0.39, 0.29) is 11.8 Å². The Bertz CT molecular complexity index is 1030. The van der Waals surface area contributed by atoms with Crippen LogP contribution < -0.4 is 15.8 Å². The first-order chi connectivity index (χ1) is 15.7. The van der Waals surface area contributed by atoms with E-state index in [9.17, 15) is 22.8 Å². The highest BCUT2D eigenvalue weighted by molar-refractivity contribution is 5.92. The summed E-state index contributed by atoms with van der Waals surface area (Å²) >= 11 is 0. The molecule has 2 aromatic heterocycles. The van der Waals surface area contributed by atoms with E-state index in [0.717, 1.165) is 51.1 Å². The highest BCUT2D eigenvalue weighted by atomic mass is 19.4. The number of likely N-dealkylation sites (tertiary alicyclic amines) is 1. The molecule has 0 aliphatic carbocycles. The number of pyridine rings is 1. The first kappa shape index (κ1) is 23.2. The molecule has 1 unspecified atom stereocenters. The number of aromatic nitrogens is 3. The third-order valence-electron chi connectivity index (χ3n) is 6.46. The molecule has 11 heteroatoms. The molecule has 33 heavy (non-hydrogen) atoms. The van der Waals surface area contributed by atoms with E-state index in [2.05, 4.69) is 30.1 Å². The summed E-state index contributed by atoms with van der Waals surface area (Å²) in [6.45, 7) is 3.38. The van der Waals surface area contributed by atoms with Crippen molar-refractivity contribution in [3.63, 3.8) is 0 Å². The minimum atomic E-state index is -4.46. The number of nitrogens with zero attached hydrogens (tertiary/aromatic N) is 4. The fourth-order valence-corrected chi connectivity index (χ4v) is 4.66. The maximum Gasteiger partial charge on any atom is 0.394 e. The molecule has 1 amide bonds. The van der Waals surface area contributed by atoms with Gasteiger partial charge in [-0.25, -0.2) is 4.98 Å². The van der Waals surface area contributed by atoms with Crippen molar-refractivity contribution in [2.24, 2.45) is 0 Å². The lowest BCUT2D eigenvalue weighted by Gasteiger charge is -2.37. The van der Waals surface area contributed by atoms with Crippen molar-refractivity contribution >= 4 is 11.6 Å². The summed E-state index contributed by atoms with van der Waals surface area (Å²) in [5, 5.41) is 2.56. The van der Waals surface area contributed by atoms with Gasteiger partial charge in [0.1, 0.15) is 11.4 Å². The number of carbonyl (C=O) groups is 1. The quantitative estimate of drug-likeness (QED) is 0.704. The minimum Gasteiger partial charge on any atom is -0.370 e. The molecule has 1 atom stereocenters. The van der Waals surface area contributed by atoms with Crippen LogP contribution in [0.3, 0.4) is 0 Å². The molecule has 2 N–H and O–H groups in total. The predicted octanol–water partition coefficient (Wildman–Crippen LogP) is 2.09. The van der Waals surface area contributed by atoms with Crippen LogP contribution in [0.1, 0.15) is 47.1 Å². The standard InChI is InChI=1S/C22H27F3N6O2/c1-26-20(32)17-3-2-16(11-27-17)30-8-5-15(6-9-30)31-7-4-14(13-31)19-12-28-18(21(33)29-19)10-22(23,24)25/h2-3,11-12,14-15H,4-10,13H2,1H3,(H,26,32)(H,29,33). The third-order valence-corrected chi connectivity index (χ3v) is 6.46. The predicted molar refractivity (Wildman–Crippen MR) is 116 cm³/mol. The fourth-order valence-electron chi connectivity index (χ4n) is 4.66. The minimum absolute atomic E-state index is 0.0598. The zero-order valence-corrected chi connectivity index (χ0v) is 18.4. The Hall–Kier alpha value is -2.95. The highest BCUT2D eigenvalue weighted by Crippen LogP contribution is 2.30. The van der Waals surface area contributed by atoms with Gasteiger partial charge in [0, 0.05) is 50.5 Å². The molecule has 0 bridgehead atoms. The molecule has 0 spiro atoms. The first-order valence-corrected chi connectivity index (χ1v) is 11.1. The molecular formula is C22H27F3N6O2. The lowest BCUT2D eigenvalue weighted by atomic mass is 10.0. The SMILES string of the molecule is CNC(=O)c1ccc(N2CCC(N3CCC(c4cnc(CC(F)(F)F)c(=O)[nH]4)C3)CC2)cn1. The summed E-state index contributed by atoms with van der Waals surface area (Å²) < 4.78 is 37.7. The fraction of sp³-hybridized carbons (Fsp3) is 0.545. The number of piperidine rings is 1. The van der Waals surface area contributed by atoms with Crippen LogP contribution in [0.4, 0.5) is 18.9 Å². The lowest BCUT2D eigenvalue weighted by Crippen LogP contribution is -2.44. The number of amides is 1. The van der Waals surface area contributed by atoms with Gasteiger partial charge in [-0.3, -0.25) is 19.5 Å². The summed E-state index contributed by atoms with van der Waals surface area (Å²) in [6.07, 6.45) is 0.121. The van der Waals surface area contributed by atoms with Gasteiger partial charge in [-0.1, -0.05) is 0 Å². The van der Waals surface area contributed by atoms with Crippen LogP contribution in [0.2, 0.25) is 0 Å². The van der Waals surface area contributed by atoms with Crippen LogP contribution in [0.5, 0.6) is 0 Å². The zero-order valence-electron chi connectivity index (χ0n) is 18.4. The van der Waals surface area contributed by atoms with E-state index < -0.39 is 23.9 Å². The van der Waals surface area contributed by atoms with Gasteiger partial charge >= 0.3 is 6.18 Å². The van der Waals surface area contributed by atoms with E-state index in [1.807, 2.05) is 6.07 Å². The van der Waals surface area contributed by atoms with Crippen LogP contribution in [0.15, 0.2) is 29.3 Å². The molecule has 178 valence electrons. The van der Waals surface area contributed by atoms with Crippen LogP contribution in [0.25, 0.3) is 0 Å². The number of halogens is 3. The molecule has 2 aromatic rings. The summed E-state index contributed by atoms with van der Waals surface area (Å²) in [5.74, 6) is -0.153. The van der Waals surface area contributed by atoms with E-state index in [4.69, 9.17) is 0 Å². The number of aromatic amines is 1. The molecule has 8 nitrogen and oxygen atoms in total. The third kappa shape index (κ3) is 5.52. The van der Waals surface area contributed by atoms with Crippen LogP contribution in [-0.2, 0) is 6.42 Å². The number of hydrogen-bond donors (Lipinski definition) is 2. The van der Waals surface area contributed by atoms with Crippen molar-refractivity contribution in [3.05, 3.63) is 52.0 Å². The molecule has 2 aliphatic heterocycles. The first-order valence-electron chi connectivity index (χ1n) is 11.1. The maximum absolute atomic E-state index is 12.6. The van der Waals surface area contributed by atoms with Gasteiger partial charge in [-0.2, -0.15) is 13.2 Å². The van der Waals surface area contributed by atoms with Gasteiger partial charge < -0.3 is 15.2 Å². The Morgan fingerprint density at radius 3 is 2.52 bits per heavy atom. The molecule has 0 saturated carbocycles. The van der Waals surface area contributed by atoms with Gasteiger partial charge in [0.15, 0.2) is 0 Å². The lowest BCUT2D eigenvalue weighted by molar-refractivity contribution is -0.128. The van der Waals surface area contributed by atoms with Crippen molar-refractivity contribution in [1.29, 1.82) is 0 Å². The Balaban J connectivity index is 1.31. The molecule has 4 heterocycles. The van der Waals surface area contributed by atoms with Gasteiger partial charge in [0.2, 0.25) is 0 Å². The van der Waals surface area contributed by atoms with Crippen LogP contribution >= 0.6 is 0 Å². The van der Waals surface area contributed by atoms with Gasteiger partial charge in [-0.15, -0.1) is 0 Å². The number of nitrogens with one attached hydrogen (secondary N) is 2. The van der Waals surface area contributed by atoms with E-state index in [1.165, 1.54) is 6.20 Å². The number of hydrogen-bond acceptors (Lipinski definition) is 6. The zero-order chi connectivity index (χ0) is 23.6. The molecule has 0 radical (unpaired) electrons. The summed E-state index contributed by atoms with van der Waals surface area (Å²) in [7, 11) is 1.57. The topological polar surface area (TPSA) is 94.2 Å².